The Morgan fingerprint density at radius 1 is 1.29 bits per heavy atom. The van der Waals surface area contributed by atoms with Crippen LogP contribution in [0.2, 0.25) is 0 Å². The van der Waals surface area contributed by atoms with E-state index in [9.17, 15) is 4.79 Å². The minimum atomic E-state index is -0.362. The summed E-state index contributed by atoms with van der Waals surface area (Å²) in [5, 5.41) is 2.84. The van der Waals surface area contributed by atoms with Crippen LogP contribution < -0.4 is 5.32 Å². The zero-order valence-corrected chi connectivity index (χ0v) is 13.2. The molecule has 1 N–H and O–H groups in total. The lowest BCUT2D eigenvalue weighted by Gasteiger charge is -2.23. The second-order valence-electron chi connectivity index (χ2n) is 4.30. The van der Waals surface area contributed by atoms with Crippen molar-refractivity contribution in [2.24, 2.45) is 0 Å². The van der Waals surface area contributed by atoms with Gasteiger partial charge in [0.25, 0.3) is 5.91 Å². The molecule has 1 aromatic carbocycles. The molecule has 0 saturated heterocycles. The van der Waals surface area contributed by atoms with Crippen LogP contribution in [0.5, 0.6) is 0 Å². The van der Waals surface area contributed by atoms with E-state index in [1.165, 1.54) is 0 Å². The summed E-state index contributed by atoms with van der Waals surface area (Å²) in [6, 6.07) is 5.44. The van der Waals surface area contributed by atoms with Crippen molar-refractivity contribution in [3.63, 3.8) is 0 Å². The summed E-state index contributed by atoms with van der Waals surface area (Å²) in [5.41, 5.74) is 0.247. The minimum absolute atomic E-state index is 0.114. The maximum atomic E-state index is 11.9. The standard InChI is InChI=1S/C12H15Br2NO2/c1-12(2,17-3)7-15-11(16)8-4-9(13)6-10(14)5-8/h4-6H,7H2,1-3H3,(H,15,16). The number of carbonyl (C=O) groups excluding carboxylic acids is 1. The molecule has 0 aromatic heterocycles. The number of ether oxygens (including phenoxy) is 1. The fraction of sp³-hybridized carbons (Fsp3) is 0.417. The van der Waals surface area contributed by atoms with Crippen molar-refractivity contribution in [2.75, 3.05) is 13.7 Å². The zero-order chi connectivity index (χ0) is 13.1. The number of amides is 1. The summed E-state index contributed by atoms with van der Waals surface area (Å²) in [6.07, 6.45) is 0. The first kappa shape index (κ1) is 14.7. The number of hydrogen-bond donors (Lipinski definition) is 1. The molecule has 0 aliphatic carbocycles. The van der Waals surface area contributed by atoms with Gasteiger partial charge >= 0.3 is 0 Å². The van der Waals surface area contributed by atoms with Crippen molar-refractivity contribution < 1.29 is 9.53 Å². The lowest BCUT2D eigenvalue weighted by atomic mass is 10.1. The highest BCUT2D eigenvalue weighted by Gasteiger charge is 2.18. The van der Waals surface area contributed by atoms with Gasteiger partial charge in [0.05, 0.1) is 5.60 Å². The summed E-state index contributed by atoms with van der Waals surface area (Å²) >= 11 is 6.70. The monoisotopic (exact) mass is 363 g/mol. The van der Waals surface area contributed by atoms with E-state index >= 15 is 0 Å². The minimum Gasteiger partial charge on any atom is -0.377 e. The molecule has 0 aliphatic rings. The van der Waals surface area contributed by atoms with Crippen molar-refractivity contribution in [1.29, 1.82) is 0 Å². The van der Waals surface area contributed by atoms with Crippen LogP contribution in [0, 0.1) is 0 Å². The molecule has 0 unspecified atom stereocenters. The maximum absolute atomic E-state index is 11.9. The molecule has 0 atom stereocenters. The molecule has 1 aromatic rings. The molecule has 1 amide bonds. The normalized spacial score (nSPS) is 11.4. The molecule has 5 heteroatoms. The van der Waals surface area contributed by atoms with E-state index in [0.29, 0.717) is 12.1 Å². The first-order valence-electron chi connectivity index (χ1n) is 5.13. The largest absolute Gasteiger partial charge is 0.377 e. The SMILES string of the molecule is COC(C)(C)CNC(=O)c1cc(Br)cc(Br)c1. The van der Waals surface area contributed by atoms with Gasteiger partial charge in [-0.15, -0.1) is 0 Å². The third kappa shape index (κ3) is 4.77. The highest BCUT2D eigenvalue weighted by molar-refractivity contribution is 9.11. The molecule has 0 radical (unpaired) electrons. The average molecular weight is 365 g/mol. The van der Waals surface area contributed by atoms with Gasteiger partial charge in [-0.3, -0.25) is 4.79 Å². The zero-order valence-electron chi connectivity index (χ0n) is 10.0. The highest BCUT2D eigenvalue weighted by Crippen LogP contribution is 2.20. The lowest BCUT2D eigenvalue weighted by Crippen LogP contribution is -2.39. The summed E-state index contributed by atoms with van der Waals surface area (Å²) < 4.78 is 6.97. The van der Waals surface area contributed by atoms with E-state index < -0.39 is 0 Å². The van der Waals surface area contributed by atoms with Crippen LogP contribution in [-0.4, -0.2) is 25.2 Å². The first-order valence-corrected chi connectivity index (χ1v) is 6.72. The van der Waals surface area contributed by atoms with E-state index in [1.807, 2.05) is 19.9 Å². The first-order chi connectivity index (χ1) is 7.84. The van der Waals surface area contributed by atoms with Crippen LogP contribution in [0.4, 0.5) is 0 Å². The molecule has 3 nitrogen and oxygen atoms in total. The number of hydrogen-bond acceptors (Lipinski definition) is 2. The number of rotatable bonds is 4. The smallest absolute Gasteiger partial charge is 0.251 e. The van der Waals surface area contributed by atoms with Crippen molar-refractivity contribution in [3.05, 3.63) is 32.7 Å². The van der Waals surface area contributed by atoms with Crippen molar-refractivity contribution in [3.8, 4) is 0 Å². The second kappa shape index (κ2) is 5.98. The van der Waals surface area contributed by atoms with Crippen LogP contribution in [0.1, 0.15) is 24.2 Å². The van der Waals surface area contributed by atoms with Gasteiger partial charge in [0.1, 0.15) is 0 Å². The molecule has 0 saturated carbocycles. The van der Waals surface area contributed by atoms with Gasteiger partial charge in [-0.2, -0.15) is 0 Å². The van der Waals surface area contributed by atoms with Crippen LogP contribution >= 0.6 is 31.9 Å². The van der Waals surface area contributed by atoms with Crippen molar-refractivity contribution >= 4 is 37.8 Å². The Morgan fingerprint density at radius 2 is 1.82 bits per heavy atom. The van der Waals surface area contributed by atoms with E-state index in [-0.39, 0.29) is 11.5 Å². The highest BCUT2D eigenvalue weighted by atomic mass is 79.9. The van der Waals surface area contributed by atoms with E-state index in [0.717, 1.165) is 8.95 Å². The Bertz CT molecular complexity index is 399. The molecular weight excluding hydrogens is 350 g/mol. The summed E-state index contributed by atoms with van der Waals surface area (Å²) in [7, 11) is 1.63. The molecule has 0 aliphatic heterocycles. The Hall–Kier alpha value is -0.390. The topological polar surface area (TPSA) is 38.3 Å². The van der Waals surface area contributed by atoms with Crippen LogP contribution in [-0.2, 0) is 4.74 Å². The Kier molecular flexibility index (Phi) is 5.16. The molecule has 94 valence electrons. The molecule has 17 heavy (non-hydrogen) atoms. The van der Waals surface area contributed by atoms with Gasteiger partial charge in [-0.1, -0.05) is 31.9 Å². The Morgan fingerprint density at radius 3 is 2.29 bits per heavy atom. The van der Waals surface area contributed by atoms with Gasteiger partial charge in [-0.25, -0.2) is 0 Å². The van der Waals surface area contributed by atoms with Gasteiger partial charge < -0.3 is 10.1 Å². The summed E-state index contributed by atoms with van der Waals surface area (Å²) in [4.78, 5) is 11.9. The Labute approximate surface area is 118 Å². The number of nitrogens with one attached hydrogen (secondary N) is 1. The fourth-order valence-electron chi connectivity index (χ4n) is 1.15. The molecular formula is C12H15Br2NO2. The molecule has 0 bridgehead atoms. The number of carbonyl (C=O) groups is 1. The molecule has 0 spiro atoms. The summed E-state index contributed by atoms with van der Waals surface area (Å²) in [6.45, 7) is 4.31. The van der Waals surface area contributed by atoms with Gasteiger partial charge in [0, 0.05) is 28.2 Å². The van der Waals surface area contributed by atoms with Gasteiger partial charge in [0.15, 0.2) is 0 Å². The average Bonchev–Trinajstić information content (AvgIpc) is 2.24. The van der Waals surface area contributed by atoms with Crippen molar-refractivity contribution in [1.82, 2.24) is 5.32 Å². The quantitative estimate of drug-likeness (QED) is 0.889. The molecule has 1 rings (SSSR count). The van der Waals surface area contributed by atoms with E-state index in [2.05, 4.69) is 37.2 Å². The van der Waals surface area contributed by atoms with E-state index in [1.54, 1.807) is 19.2 Å². The van der Waals surface area contributed by atoms with Crippen LogP contribution in [0.3, 0.4) is 0 Å². The third-order valence-corrected chi connectivity index (χ3v) is 3.27. The van der Waals surface area contributed by atoms with E-state index in [4.69, 9.17) is 4.74 Å². The van der Waals surface area contributed by atoms with Crippen LogP contribution in [0.25, 0.3) is 0 Å². The third-order valence-electron chi connectivity index (χ3n) is 2.35. The van der Waals surface area contributed by atoms with Gasteiger partial charge in [-0.05, 0) is 32.0 Å². The predicted octanol–water partition coefficient (Wildman–Crippen LogP) is 3.37. The number of benzene rings is 1. The molecule has 0 heterocycles. The summed E-state index contributed by atoms with van der Waals surface area (Å²) in [5.74, 6) is -0.114. The maximum Gasteiger partial charge on any atom is 0.251 e. The number of methoxy groups -OCH3 is 1. The Balaban J connectivity index is 2.70. The second-order valence-corrected chi connectivity index (χ2v) is 6.14. The van der Waals surface area contributed by atoms with Gasteiger partial charge in [0.2, 0.25) is 0 Å². The fourth-order valence-corrected chi connectivity index (χ4v) is 2.45. The van der Waals surface area contributed by atoms with Crippen LogP contribution in [0.15, 0.2) is 27.1 Å². The molecule has 0 fully saturated rings. The predicted molar refractivity (Wildman–Crippen MR) is 75.3 cm³/mol. The number of halogens is 2. The van der Waals surface area contributed by atoms with Crippen molar-refractivity contribution in [2.45, 2.75) is 19.4 Å². The lowest BCUT2D eigenvalue weighted by molar-refractivity contribution is 0.0229.